The molecule has 1 heterocycles. The summed E-state index contributed by atoms with van der Waals surface area (Å²) in [5.74, 6) is -0.126. The lowest BCUT2D eigenvalue weighted by Crippen LogP contribution is -2.19. The maximum Gasteiger partial charge on any atom is 0.244 e. The van der Waals surface area contributed by atoms with Crippen LogP contribution in [0.2, 0.25) is 0 Å². The number of benzene rings is 4. The van der Waals surface area contributed by atoms with Gasteiger partial charge in [0, 0.05) is 26.7 Å². The molecule has 0 bridgehead atoms. The molecule has 4 aromatic carbocycles. The van der Waals surface area contributed by atoms with Crippen LogP contribution in [0.5, 0.6) is 0 Å². The molecule has 1 aromatic heterocycles. The van der Waals surface area contributed by atoms with Crippen molar-refractivity contribution in [3.63, 3.8) is 0 Å². The Morgan fingerprint density at radius 1 is 0.795 bits per heavy atom. The van der Waals surface area contributed by atoms with Gasteiger partial charge in [-0.2, -0.15) is 0 Å². The molecule has 0 aliphatic carbocycles. The Bertz CT molecular complexity index is 1560. The largest absolute Gasteiger partial charge is 0.332 e. The molecule has 0 radical (unpaired) electrons. The standard InChI is InChI=1S/C31H26N4OS3/c1-21-27(22-12-5-2-6-13-22)34-31(38-21)35-29(36)28(23-14-7-3-8-15-23)39-26-19-11-18-25(20-26)33-30(37)32-24-16-9-4-10-17-24/h2-20,28H,1H3,(H2,32,33,37)(H,34,35,36). The molecule has 1 unspecified atom stereocenters. The third-order valence-electron chi connectivity index (χ3n) is 5.79. The number of anilines is 3. The number of aryl methyl sites for hydroxylation is 1. The molecule has 0 aliphatic heterocycles. The van der Waals surface area contributed by atoms with E-state index in [0.29, 0.717) is 10.2 Å². The van der Waals surface area contributed by atoms with Crippen molar-refractivity contribution in [2.24, 2.45) is 0 Å². The zero-order valence-corrected chi connectivity index (χ0v) is 23.6. The molecule has 0 aliphatic rings. The summed E-state index contributed by atoms with van der Waals surface area (Å²) in [5, 5.41) is 10.1. The first-order chi connectivity index (χ1) is 19.0. The zero-order valence-electron chi connectivity index (χ0n) is 21.1. The second-order valence-corrected chi connectivity index (χ2v) is 11.5. The van der Waals surface area contributed by atoms with Crippen LogP contribution in [-0.2, 0) is 4.79 Å². The molecule has 5 rings (SSSR count). The average Bonchev–Trinajstić information content (AvgIpc) is 3.33. The van der Waals surface area contributed by atoms with Crippen molar-refractivity contribution < 1.29 is 4.79 Å². The molecule has 0 saturated carbocycles. The van der Waals surface area contributed by atoms with Crippen LogP contribution in [0.4, 0.5) is 16.5 Å². The minimum absolute atomic E-state index is 0.126. The minimum Gasteiger partial charge on any atom is -0.332 e. The summed E-state index contributed by atoms with van der Waals surface area (Å²) >= 11 is 8.45. The Morgan fingerprint density at radius 3 is 2.13 bits per heavy atom. The Labute approximate surface area is 241 Å². The van der Waals surface area contributed by atoms with Crippen LogP contribution in [0.1, 0.15) is 15.7 Å². The van der Waals surface area contributed by atoms with Crippen LogP contribution < -0.4 is 16.0 Å². The molecule has 0 fully saturated rings. The van der Waals surface area contributed by atoms with E-state index in [-0.39, 0.29) is 5.91 Å². The summed E-state index contributed by atoms with van der Waals surface area (Å²) in [4.78, 5) is 20.4. The third kappa shape index (κ3) is 7.11. The van der Waals surface area contributed by atoms with E-state index in [1.165, 1.54) is 23.1 Å². The topological polar surface area (TPSA) is 66.1 Å². The molecular formula is C31H26N4OS3. The number of hydrogen-bond acceptors (Lipinski definition) is 5. The number of carbonyl (C=O) groups excluding carboxylic acids is 1. The van der Waals surface area contributed by atoms with E-state index in [4.69, 9.17) is 17.2 Å². The summed E-state index contributed by atoms with van der Waals surface area (Å²) in [6, 6.07) is 37.5. The molecule has 8 heteroatoms. The van der Waals surface area contributed by atoms with Crippen LogP contribution in [0.3, 0.4) is 0 Å². The Hall–Kier alpha value is -3.98. The van der Waals surface area contributed by atoms with Crippen molar-refractivity contribution in [3.05, 3.63) is 126 Å². The lowest BCUT2D eigenvalue weighted by molar-refractivity contribution is -0.115. The number of nitrogens with one attached hydrogen (secondary N) is 3. The molecule has 39 heavy (non-hydrogen) atoms. The van der Waals surface area contributed by atoms with Gasteiger partial charge in [0.2, 0.25) is 5.91 Å². The molecule has 0 spiro atoms. The highest BCUT2D eigenvalue weighted by Gasteiger charge is 2.24. The predicted octanol–water partition coefficient (Wildman–Crippen LogP) is 8.40. The number of para-hydroxylation sites is 1. The van der Waals surface area contributed by atoms with Gasteiger partial charge in [-0.3, -0.25) is 4.79 Å². The number of hydrogen-bond donors (Lipinski definition) is 3. The van der Waals surface area contributed by atoms with Gasteiger partial charge in [-0.1, -0.05) is 84.9 Å². The average molecular weight is 567 g/mol. The van der Waals surface area contributed by atoms with Crippen LogP contribution >= 0.6 is 35.3 Å². The second-order valence-electron chi connectivity index (χ2n) is 8.66. The predicted molar refractivity (Wildman–Crippen MR) is 169 cm³/mol. The Balaban J connectivity index is 1.32. The highest BCUT2D eigenvalue weighted by Crippen LogP contribution is 2.38. The van der Waals surface area contributed by atoms with Gasteiger partial charge >= 0.3 is 0 Å². The van der Waals surface area contributed by atoms with E-state index in [0.717, 1.165) is 38.0 Å². The van der Waals surface area contributed by atoms with Gasteiger partial charge in [0.15, 0.2) is 10.2 Å². The van der Waals surface area contributed by atoms with Gasteiger partial charge in [0.1, 0.15) is 5.25 Å². The molecule has 5 aromatic rings. The molecular weight excluding hydrogens is 541 g/mol. The van der Waals surface area contributed by atoms with Crippen molar-refractivity contribution in [1.29, 1.82) is 0 Å². The highest BCUT2D eigenvalue weighted by atomic mass is 32.2. The summed E-state index contributed by atoms with van der Waals surface area (Å²) in [6.45, 7) is 2.02. The van der Waals surface area contributed by atoms with Crippen molar-refractivity contribution in [3.8, 4) is 11.3 Å². The number of thiocarbonyl (C=S) groups is 1. The van der Waals surface area contributed by atoms with E-state index >= 15 is 0 Å². The van der Waals surface area contributed by atoms with E-state index in [9.17, 15) is 4.79 Å². The number of aromatic nitrogens is 1. The van der Waals surface area contributed by atoms with Gasteiger partial charge in [-0.25, -0.2) is 4.98 Å². The molecule has 0 saturated heterocycles. The van der Waals surface area contributed by atoms with Gasteiger partial charge in [-0.05, 0) is 55.0 Å². The first-order valence-electron chi connectivity index (χ1n) is 12.3. The number of nitrogens with zero attached hydrogens (tertiary/aromatic N) is 1. The fourth-order valence-corrected chi connectivity index (χ4v) is 6.14. The Kier molecular flexibility index (Phi) is 8.68. The maximum absolute atomic E-state index is 13.6. The first-order valence-corrected chi connectivity index (χ1v) is 14.4. The molecule has 3 N–H and O–H groups in total. The van der Waals surface area contributed by atoms with E-state index in [1.807, 2.05) is 122 Å². The van der Waals surface area contributed by atoms with Crippen LogP contribution in [0, 0.1) is 6.92 Å². The summed E-state index contributed by atoms with van der Waals surface area (Å²) in [6.07, 6.45) is 0. The monoisotopic (exact) mass is 566 g/mol. The summed E-state index contributed by atoms with van der Waals surface area (Å²) in [5.41, 5.74) is 4.58. The second kappa shape index (κ2) is 12.7. The molecule has 194 valence electrons. The maximum atomic E-state index is 13.6. The minimum atomic E-state index is -0.472. The smallest absolute Gasteiger partial charge is 0.244 e. The van der Waals surface area contributed by atoms with Gasteiger partial charge in [-0.15, -0.1) is 23.1 Å². The SMILES string of the molecule is Cc1sc(NC(=O)C(Sc2cccc(NC(=S)Nc3ccccc3)c2)c2ccccc2)nc1-c1ccccc1. The van der Waals surface area contributed by atoms with Crippen LogP contribution in [-0.4, -0.2) is 16.0 Å². The molecule has 1 atom stereocenters. The van der Waals surface area contributed by atoms with Gasteiger partial charge in [0.25, 0.3) is 0 Å². The van der Waals surface area contributed by atoms with Crippen molar-refractivity contribution in [2.45, 2.75) is 17.1 Å². The molecule has 1 amide bonds. The zero-order chi connectivity index (χ0) is 27.0. The van der Waals surface area contributed by atoms with E-state index in [1.54, 1.807) is 0 Å². The number of thioether (sulfide) groups is 1. The van der Waals surface area contributed by atoms with Crippen molar-refractivity contribution >= 4 is 62.8 Å². The fourth-order valence-electron chi connectivity index (χ4n) is 3.98. The van der Waals surface area contributed by atoms with Gasteiger partial charge in [0.05, 0.1) is 5.69 Å². The van der Waals surface area contributed by atoms with Crippen molar-refractivity contribution in [1.82, 2.24) is 4.98 Å². The Morgan fingerprint density at radius 2 is 1.41 bits per heavy atom. The quantitative estimate of drug-likeness (QED) is 0.129. The lowest BCUT2D eigenvalue weighted by Gasteiger charge is -2.17. The highest BCUT2D eigenvalue weighted by molar-refractivity contribution is 8.00. The lowest BCUT2D eigenvalue weighted by atomic mass is 10.1. The third-order valence-corrected chi connectivity index (χ3v) is 8.13. The van der Waals surface area contributed by atoms with Crippen LogP contribution in [0.15, 0.2) is 120 Å². The number of carbonyl (C=O) groups is 1. The number of amides is 1. The van der Waals surface area contributed by atoms with Gasteiger partial charge < -0.3 is 16.0 Å². The number of thiazole rings is 1. The number of rotatable bonds is 8. The van der Waals surface area contributed by atoms with E-state index < -0.39 is 5.25 Å². The van der Waals surface area contributed by atoms with Crippen molar-refractivity contribution in [2.75, 3.05) is 16.0 Å². The summed E-state index contributed by atoms with van der Waals surface area (Å²) < 4.78 is 0. The first kappa shape index (κ1) is 26.6. The molecule has 5 nitrogen and oxygen atoms in total. The van der Waals surface area contributed by atoms with E-state index in [2.05, 4.69) is 16.0 Å². The normalized spacial score (nSPS) is 11.4. The van der Waals surface area contributed by atoms with Crippen LogP contribution in [0.25, 0.3) is 11.3 Å². The fraction of sp³-hybridized carbons (Fsp3) is 0.0645. The summed E-state index contributed by atoms with van der Waals surface area (Å²) in [7, 11) is 0.